The smallest absolute Gasteiger partial charge is 0.0272 e. The van der Waals surface area contributed by atoms with Crippen molar-refractivity contribution in [2.24, 2.45) is 5.84 Å². The standard InChI is InChI=1S/C8H11N3/c9-10-11-7-5-3-1-2-4-6-8-11/h1-8,10H,9H2. The first-order valence-electron chi connectivity index (χ1n) is 3.36. The van der Waals surface area contributed by atoms with Gasteiger partial charge in [-0.3, -0.25) is 10.2 Å². The summed E-state index contributed by atoms with van der Waals surface area (Å²) >= 11 is 0. The Morgan fingerprint density at radius 1 is 0.818 bits per heavy atom. The Bertz CT molecular complexity index is 229. The Morgan fingerprint density at radius 2 is 1.27 bits per heavy atom. The van der Waals surface area contributed by atoms with Crippen LogP contribution in [-0.4, -0.2) is 4.68 Å². The molecule has 11 heavy (non-hydrogen) atoms. The summed E-state index contributed by atoms with van der Waals surface area (Å²) in [5, 5.41) is 0. The van der Waals surface area contributed by atoms with Crippen molar-refractivity contribution >= 4 is 0 Å². The molecule has 0 aliphatic carbocycles. The lowest BCUT2D eigenvalue weighted by Crippen LogP contribution is -2.19. The van der Waals surface area contributed by atoms with Crippen LogP contribution in [-0.2, 0) is 0 Å². The minimum Gasteiger partial charge on any atom is -0.262 e. The fourth-order valence-corrected chi connectivity index (χ4v) is 0.677. The zero-order valence-corrected chi connectivity index (χ0v) is 6.14. The van der Waals surface area contributed by atoms with Gasteiger partial charge in [-0.15, -0.1) is 0 Å². The highest BCUT2D eigenvalue weighted by Crippen LogP contribution is 1.80. The molecule has 0 saturated carbocycles. The number of nitrogens with two attached hydrogens (primary N) is 1. The highest BCUT2D eigenvalue weighted by molar-refractivity contribution is 4.95. The van der Waals surface area contributed by atoms with Gasteiger partial charge in [0, 0.05) is 12.4 Å². The second-order valence-electron chi connectivity index (χ2n) is 1.99. The van der Waals surface area contributed by atoms with Gasteiger partial charge in [0.05, 0.1) is 0 Å². The largest absolute Gasteiger partial charge is 0.262 e. The molecule has 1 aromatic heterocycles. The molecule has 0 aliphatic heterocycles. The number of hydrogen-bond donors (Lipinski definition) is 2. The summed E-state index contributed by atoms with van der Waals surface area (Å²) < 4.78 is 1.65. The highest BCUT2D eigenvalue weighted by atomic mass is 15.5. The van der Waals surface area contributed by atoms with Crippen LogP contribution in [0, 0.1) is 0 Å². The van der Waals surface area contributed by atoms with Gasteiger partial charge in [-0.25, -0.2) is 5.84 Å². The van der Waals surface area contributed by atoms with Gasteiger partial charge in [0.1, 0.15) is 0 Å². The van der Waals surface area contributed by atoms with Gasteiger partial charge in [0.25, 0.3) is 0 Å². The first kappa shape index (κ1) is 7.63. The molecule has 0 atom stereocenters. The van der Waals surface area contributed by atoms with Crippen molar-refractivity contribution in [3.63, 3.8) is 0 Å². The second-order valence-corrected chi connectivity index (χ2v) is 1.99. The molecule has 3 nitrogen and oxygen atoms in total. The Kier molecular flexibility index (Phi) is 3.02. The van der Waals surface area contributed by atoms with Crippen molar-refractivity contribution in [3.05, 3.63) is 48.8 Å². The van der Waals surface area contributed by atoms with E-state index in [9.17, 15) is 0 Å². The van der Waals surface area contributed by atoms with E-state index in [-0.39, 0.29) is 0 Å². The van der Waals surface area contributed by atoms with Crippen LogP contribution in [0.4, 0.5) is 0 Å². The van der Waals surface area contributed by atoms with Gasteiger partial charge in [-0.2, -0.15) is 0 Å². The molecule has 3 heteroatoms. The van der Waals surface area contributed by atoms with Crippen LogP contribution in [0.3, 0.4) is 0 Å². The number of nitrogen functional groups attached to an aromatic ring is 1. The summed E-state index contributed by atoms with van der Waals surface area (Å²) in [6, 6.07) is 11.5. The molecular formula is C8H11N3. The second kappa shape index (κ2) is 4.35. The third kappa shape index (κ3) is 2.73. The van der Waals surface area contributed by atoms with Crippen LogP contribution in [0.25, 0.3) is 0 Å². The molecule has 0 radical (unpaired) electrons. The third-order valence-electron chi connectivity index (χ3n) is 1.20. The summed E-state index contributed by atoms with van der Waals surface area (Å²) in [5.74, 6) is 5.20. The minimum absolute atomic E-state index is 1.65. The van der Waals surface area contributed by atoms with Crippen LogP contribution < -0.4 is 11.4 Å². The molecule has 0 bridgehead atoms. The summed E-state index contributed by atoms with van der Waals surface area (Å²) in [6.45, 7) is 0. The topological polar surface area (TPSA) is 43.0 Å². The van der Waals surface area contributed by atoms with Crippen LogP contribution in [0.1, 0.15) is 0 Å². The van der Waals surface area contributed by atoms with E-state index in [1.54, 1.807) is 4.68 Å². The van der Waals surface area contributed by atoms with Gasteiger partial charge in [-0.05, 0) is 12.1 Å². The van der Waals surface area contributed by atoms with E-state index >= 15 is 0 Å². The zero-order valence-electron chi connectivity index (χ0n) is 6.14. The van der Waals surface area contributed by atoms with Crippen molar-refractivity contribution < 1.29 is 0 Å². The van der Waals surface area contributed by atoms with Crippen LogP contribution in [0.5, 0.6) is 0 Å². The Hall–Kier alpha value is -1.48. The van der Waals surface area contributed by atoms with Crippen molar-refractivity contribution in [1.29, 1.82) is 0 Å². The molecule has 1 rings (SSSR count). The maximum Gasteiger partial charge on any atom is 0.0272 e. The number of nitrogens with zero attached hydrogens (tertiary/aromatic N) is 1. The van der Waals surface area contributed by atoms with Gasteiger partial charge in [0.2, 0.25) is 0 Å². The summed E-state index contributed by atoms with van der Waals surface area (Å²) in [4.78, 5) is 0. The fraction of sp³-hybridized carbons (Fsp3) is 0. The highest BCUT2D eigenvalue weighted by Gasteiger charge is 1.70. The molecule has 0 unspecified atom stereocenters. The molecule has 0 spiro atoms. The predicted molar refractivity (Wildman–Crippen MR) is 45.6 cm³/mol. The molecule has 3 N–H and O–H groups in total. The first-order valence-corrected chi connectivity index (χ1v) is 3.36. The average molecular weight is 149 g/mol. The lowest BCUT2D eigenvalue weighted by atomic mass is 10.5. The van der Waals surface area contributed by atoms with E-state index in [4.69, 9.17) is 5.84 Å². The van der Waals surface area contributed by atoms with E-state index in [0.717, 1.165) is 0 Å². The maximum atomic E-state index is 5.20. The molecular weight excluding hydrogens is 138 g/mol. The summed E-state index contributed by atoms with van der Waals surface area (Å²) in [5.41, 5.74) is 2.49. The number of rotatable bonds is 1. The van der Waals surface area contributed by atoms with Gasteiger partial charge >= 0.3 is 0 Å². The van der Waals surface area contributed by atoms with Crippen molar-refractivity contribution in [2.75, 3.05) is 5.53 Å². The molecule has 0 aliphatic rings. The number of nitrogens with one attached hydrogen (secondary N) is 1. The van der Waals surface area contributed by atoms with Crippen molar-refractivity contribution in [3.8, 4) is 0 Å². The van der Waals surface area contributed by atoms with Crippen LogP contribution in [0.2, 0.25) is 0 Å². The van der Waals surface area contributed by atoms with Crippen LogP contribution >= 0.6 is 0 Å². The van der Waals surface area contributed by atoms with Crippen molar-refractivity contribution in [2.45, 2.75) is 0 Å². The minimum atomic E-state index is 1.65. The number of aromatic nitrogens is 1. The van der Waals surface area contributed by atoms with E-state index in [1.165, 1.54) is 0 Å². The zero-order chi connectivity index (χ0) is 7.94. The molecule has 1 aromatic rings. The average Bonchev–Trinajstić information content (AvgIpc) is 2.16. The first-order chi connectivity index (χ1) is 5.43. The molecule has 0 aromatic carbocycles. The molecule has 0 saturated heterocycles. The maximum absolute atomic E-state index is 5.20. The third-order valence-corrected chi connectivity index (χ3v) is 1.20. The quantitative estimate of drug-likeness (QED) is 0.462. The Labute approximate surface area is 65.7 Å². The Balaban J connectivity index is 3.07. The lowest BCUT2D eigenvalue weighted by molar-refractivity contribution is 0.876. The van der Waals surface area contributed by atoms with E-state index in [0.29, 0.717) is 0 Å². The van der Waals surface area contributed by atoms with E-state index in [2.05, 4.69) is 5.53 Å². The van der Waals surface area contributed by atoms with Gasteiger partial charge in [0.15, 0.2) is 0 Å². The monoisotopic (exact) mass is 149 g/mol. The van der Waals surface area contributed by atoms with Crippen LogP contribution in [0.15, 0.2) is 48.8 Å². The van der Waals surface area contributed by atoms with E-state index in [1.807, 2.05) is 48.8 Å². The Morgan fingerprint density at radius 3 is 1.73 bits per heavy atom. The predicted octanol–water partition coefficient (Wildman–Crippen LogP) is 1.03. The summed E-state index contributed by atoms with van der Waals surface area (Å²) in [6.07, 6.45) is 3.64. The number of hydrogen-bond acceptors (Lipinski definition) is 2. The summed E-state index contributed by atoms with van der Waals surface area (Å²) in [7, 11) is 0. The lowest BCUT2D eigenvalue weighted by Gasteiger charge is -1.98. The fourth-order valence-electron chi connectivity index (χ4n) is 0.677. The molecule has 0 amide bonds. The number of hydrazine groups is 1. The normalized spacial score (nSPS) is 8.45. The SMILES string of the molecule is NNn1cccccccc1. The van der Waals surface area contributed by atoms with E-state index < -0.39 is 0 Å². The molecule has 0 fully saturated rings. The van der Waals surface area contributed by atoms with Gasteiger partial charge < -0.3 is 0 Å². The van der Waals surface area contributed by atoms with Crippen molar-refractivity contribution in [1.82, 2.24) is 4.68 Å². The van der Waals surface area contributed by atoms with Gasteiger partial charge in [-0.1, -0.05) is 24.3 Å². The molecule has 1 heterocycles. The molecule has 58 valence electrons.